The molecule has 0 unspecified atom stereocenters. The maximum Gasteiger partial charge on any atom is 0.264 e. The van der Waals surface area contributed by atoms with Gasteiger partial charge in [0.15, 0.2) is 0 Å². The highest BCUT2D eigenvalue weighted by Crippen LogP contribution is 2.42. The van der Waals surface area contributed by atoms with Gasteiger partial charge in [-0.25, -0.2) is 0 Å². The molecular weight excluding hydrogens is 448 g/mol. The van der Waals surface area contributed by atoms with Crippen molar-refractivity contribution in [3.05, 3.63) is 63.5 Å². The second kappa shape index (κ2) is 11.7. The third-order valence-electron chi connectivity index (χ3n) is 4.90. The average molecular weight is 475 g/mol. The zero-order valence-corrected chi connectivity index (χ0v) is 20.2. The maximum atomic E-state index is 12.9. The van der Waals surface area contributed by atoms with Crippen LogP contribution in [0.25, 0.3) is 6.08 Å². The predicted octanol–water partition coefficient (Wildman–Crippen LogP) is 6.10. The molecular formula is C24H27ClN2O2S2. The van der Waals surface area contributed by atoms with Crippen LogP contribution in [0.5, 0.6) is 0 Å². The molecule has 0 saturated heterocycles. The van der Waals surface area contributed by atoms with Crippen LogP contribution >= 0.6 is 35.1 Å². The zero-order chi connectivity index (χ0) is 22.2. The van der Waals surface area contributed by atoms with Gasteiger partial charge in [0.25, 0.3) is 11.8 Å². The Bertz CT molecular complexity index is 978. The number of nitrogens with zero attached hydrogens (tertiary/aromatic N) is 1. The van der Waals surface area contributed by atoms with Crippen LogP contribution in [-0.2, 0) is 4.79 Å². The minimum Gasteiger partial charge on any atom is -0.352 e. The summed E-state index contributed by atoms with van der Waals surface area (Å²) in [5.74, 6) is 2.02. The molecule has 0 saturated carbocycles. The van der Waals surface area contributed by atoms with Crippen molar-refractivity contribution in [2.45, 2.75) is 31.1 Å². The summed E-state index contributed by atoms with van der Waals surface area (Å²) in [5, 5.41) is 3.59. The van der Waals surface area contributed by atoms with Crippen molar-refractivity contribution in [1.29, 1.82) is 0 Å². The van der Waals surface area contributed by atoms with E-state index < -0.39 is 0 Å². The highest BCUT2D eigenvalue weighted by atomic mass is 35.5. The average Bonchev–Trinajstić information content (AvgIpc) is 2.77. The van der Waals surface area contributed by atoms with Crippen molar-refractivity contribution in [2.75, 3.05) is 30.0 Å². The van der Waals surface area contributed by atoms with Crippen molar-refractivity contribution in [3.8, 4) is 0 Å². The molecule has 1 N–H and O–H groups in total. The third kappa shape index (κ3) is 6.31. The molecule has 0 aromatic heterocycles. The lowest BCUT2D eigenvalue weighted by Crippen LogP contribution is -2.31. The minimum absolute atomic E-state index is 0.107. The standard InChI is InChI=1S/C24H27ClN2O2S2/c1-3-4-13-30-14-7-12-26-23(28)18-10-11-21-20(15-18)27(2)24(29)22(31-21)16-17-8-5-6-9-19(17)25/h5-6,8-11,15-16H,3-4,7,12-14H2,1-2H3,(H,26,28). The summed E-state index contributed by atoms with van der Waals surface area (Å²) in [4.78, 5) is 28.6. The van der Waals surface area contributed by atoms with E-state index in [1.165, 1.54) is 30.4 Å². The molecule has 0 spiro atoms. The first kappa shape index (κ1) is 23.8. The van der Waals surface area contributed by atoms with E-state index in [0.29, 0.717) is 22.0 Å². The van der Waals surface area contributed by atoms with Crippen molar-refractivity contribution in [1.82, 2.24) is 5.32 Å². The summed E-state index contributed by atoms with van der Waals surface area (Å²) in [6.45, 7) is 2.85. The largest absolute Gasteiger partial charge is 0.352 e. The molecule has 3 rings (SSSR count). The van der Waals surface area contributed by atoms with Crippen molar-refractivity contribution in [2.24, 2.45) is 0 Å². The second-order valence-electron chi connectivity index (χ2n) is 7.25. The van der Waals surface area contributed by atoms with Crippen LogP contribution in [0, 0.1) is 0 Å². The van der Waals surface area contributed by atoms with Gasteiger partial charge in [-0.05, 0) is 60.3 Å². The van der Waals surface area contributed by atoms with Crippen LogP contribution < -0.4 is 10.2 Å². The molecule has 1 aliphatic rings. The van der Waals surface area contributed by atoms with Gasteiger partial charge in [0, 0.05) is 29.1 Å². The number of likely N-dealkylation sites (N-methyl/N-ethyl adjacent to an activating group) is 1. The number of amides is 2. The van der Waals surface area contributed by atoms with Crippen LogP contribution in [-0.4, -0.2) is 36.9 Å². The summed E-state index contributed by atoms with van der Waals surface area (Å²) in [5.41, 5.74) is 2.12. The van der Waals surface area contributed by atoms with Crippen molar-refractivity contribution in [3.63, 3.8) is 0 Å². The Morgan fingerprint density at radius 3 is 2.74 bits per heavy atom. The first-order valence-electron chi connectivity index (χ1n) is 10.4. The van der Waals surface area contributed by atoms with E-state index in [9.17, 15) is 9.59 Å². The Morgan fingerprint density at radius 1 is 1.19 bits per heavy atom. The van der Waals surface area contributed by atoms with E-state index in [2.05, 4.69) is 12.2 Å². The Balaban J connectivity index is 1.65. The third-order valence-corrected chi connectivity index (χ3v) is 7.48. The van der Waals surface area contributed by atoms with Gasteiger partial charge in [-0.1, -0.05) is 54.9 Å². The molecule has 2 aromatic carbocycles. The Kier molecular flexibility index (Phi) is 8.93. The number of hydrogen-bond acceptors (Lipinski definition) is 4. The highest BCUT2D eigenvalue weighted by Gasteiger charge is 2.27. The first-order chi connectivity index (χ1) is 15.0. The molecule has 164 valence electrons. The van der Waals surface area contributed by atoms with Crippen LogP contribution in [0.3, 0.4) is 0 Å². The number of fused-ring (bicyclic) bond motifs is 1. The van der Waals surface area contributed by atoms with E-state index in [1.54, 1.807) is 24.1 Å². The van der Waals surface area contributed by atoms with E-state index in [1.807, 2.05) is 48.2 Å². The highest BCUT2D eigenvalue weighted by molar-refractivity contribution is 8.04. The SMILES string of the molecule is CCCCSCCCNC(=O)c1ccc2c(c1)N(C)C(=O)C(=Cc1ccccc1Cl)S2. The number of hydrogen-bond donors (Lipinski definition) is 1. The van der Waals surface area contributed by atoms with Crippen LogP contribution in [0.4, 0.5) is 5.69 Å². The number of carbonyl (C=O) groups is 2. The van der Waals surface area contributed by atoms with Crippen LogP contribution in [0.15, 0.2) is 52.3 Å². The van der Waals surface area contributed by atoms with Gasteiger partial charge in [-0.15, -0.1) is 0 Å². The number of benzene rings is 2. The zero-order valence-electron chi connectivity index (χ0n) is 17.8. The summed E-state index contributed by atoms with van der Waals surface area (Å²) in [6, 6.07) is 12.9. The molecule has 0 atom stereocenters. The summed E-state index contributed by atoms with van der Waals surface area (Å²) in [7, 11) is 1.73. The fraction of sp³-hybridized carbons (Fsp3) is 0.333. The number of anilines is 1. The van der Waals surface area contributed by atoms with Crippen molar-refractivity contribution < 1.29 is 9.59 Å². The molecule has 1 heterocycles. The topological polar surface area (TPSA) is 49.4 Å². The number of rotatable bonds is 9. The summed E-state index contributed by atoms with van der Waals surface area (Å²) < 4.78 is 0. The fourth-order valence-corrected chi connectivity index (χ4v) is 5.41. The number of halogens is 1. The lowest BCUT2D eigenvalue weighted by Gasteiger charge is -2.27. The van der Waals surface area contributed by atoms with Gasteiger partial charge in [0.1, 0.15) is 0 Å². The van der Waals surface area contributed by atoms with Gasteiger partial charge in [0.2, 0.25) is 0 Å². The molecule has 2 amide bonds. The molecule has 1 aliphatic heterocycles. The molecule has 0 bridgehead atoms. The normalized spacial score (nSPS) is 14.6. The van der Waals surface area contributed by atoms with Crippen LogP contribution in [0.1, 0.15) is 42.1 Å². The lowest BCUT2D eigenvalue weighted by atomic mass is 10.1. The minimum atomic E-state index is -0.112. The number of carbonyl (C=O) groups excluding carboxylic acids is 2. The summed E-state index contributed by atoms with van der Waals surface area (Å²) >= 11 is 9.58. The van der Waals surface area contributed by atoms with E-state index in [0.717, 1.165) is 28.3 Å². The summed E-state index contributed by atoms with van der Waals surface area (Å²) in [6.07, 6.45) is 5.23. The number of unbranched alkanes of at least 4 members (excludes halogenated alkanes) is 1. The van der Waals surface area contributed by atoms with Crippen molar-refractivity contribution >= 4 is 58.7 Å². The molecule has 0 fully saturated rings. The second-order valence-corrected chi connectivity index (χ2v) is 9.97. The van der Waals surface area contributed by atoms with Gasteiger partial charge in [-0.2, -0.15) is 11.8 Å². The first-order valence-corrected chi connectivity index (χ1v) is 12.8. The Hall–Kier alpha value is -1.89. The van der Waals surface area contributed by atoms with Gasteiger partial charge < -0.3 is 10.2 Å². The van der Waals surface area contributed by atoms with Gasteiger partial charge in [0.05, 0.1) is 10.6 Å². The number of nitrogens with one attached hydrogen (secondary N) is 1. The molecule has 31 heavy (non-hydrogen) atoms. The molecule has 2 aromatic rings. The van der Waals surface area contributed by atoms with E-state index >= 15 is 0 Å². The molecule has 0 aliphatic carbocycles. The van der Waals surface area contributed by atoms with Crippen LogP contribution in [0.2, 0.25) is 5.02 Å². The van der Waals surface area contributed by atoms with E-state index in [4.69, 9.17) is 11.6 Å². The smallest absolute Gasteiger partial charge is 0.264 e. The monoisotopic (exact) mass is 474 g/mol. The molecule has 7 heteroatoms. The maximum absolute atomic E-state index is 12.9. The molecule has 4 nitrogen and oxygen atoms in total. The number of thioether (sulfide) groups is 2. The molecule has 0 radical (unpaired) electrons. The van der Waals surface area contributed by atoms with E-state index in [-0.39, 0.29) is 11.8 Å². The quantitative estimate of drug-likeness (QED) is 0.352. The van der Waals surface area contributed by atoms with Gasteiger partial charge >= 0.3 is 0 Å². The lowest BCUT2D eigenvalue weighted by molar-refractivity contribution is -0.114. The van der Waals surface area contributed by atoms with Gasteiger partial charge in [-0.3, -0.25) is 9.59 Å². The Labute approximate surface area is 197 Å². The predicted molar refractivity (Wildman–Crippen MR) is 134 cm³/mol. The fourth-order valence-electron chi connectivity index (χ4n) is 3.10. The Morgan fingerprint density at radius 2 is 1.97 bits per heavy atom.